The van der Waals surface area contributed by atoms with Gasteiger partial charge in [-0.1, -0.05) is 18.2 Å². The zero-order chi connectivity index (χ0) is 15.8. The quantitative estimate of drug-likeness (QED) is 0.446. The molecular weight excluding hydrogens is 278 g/mol. The summed E-state index contributed by atoms with van der Waals surface area (Å²) >= 11 is 0. The predicted octanol–water partition coefficient (Wildman–Crippen LogP) is 0.694. The van der Waals surface area contributed by atoms with Crippen molar-refractivity contribution in [2.45, 2.75) is 0 Å². The van der Waals surface area contributed by atoms with Gasteiger partial charge in [-0.05, 0) is 12.1 Å². The summed E-state index contributed by atoms with van der Waals surface area (Å²) in [6.07, 6.45) is 0. The number of hydrogen-bond acceptors (Lipinski definition) is 7. The highest BCUT2D eigenvalue weighted by Gasteiger charge is 2.42. The fourth-order valence-electron chi connectivity index (χ4n) is 1.55. The van der Waals surface area contributed by atoms with Crippen LogP contribution in [-0.2, 0) is 23.9 Å². The number of para-hydroxylation sites is 1. The number of benzene rings is 1. The Morgan fingerprint density at radius 2 is 1.52 bits per heavy atom. The first kappa shape index (κ1) is 16.2. The summed E-state index contributed by atoms with van der Waals surface area (Å²) in [6, 6.07) is 9.54. The molecule has 1 unspecified atom stereocenters. The molecule has 1 aromatic carbocycles. The fourth-order valence-corrected chi connectivity index (χ4v) is 1.55. The SMILES string of the molecule is COC(=O)C(C(=O)OC)C(C#N)C(=O)Oc1ccccc1. The zero-order valence-electron chi connectivity index (χ0n) is 11.4. The van der Waals surface area contributed by atoms with Gasteiger partial charge in [-0.2, -0.15) is 5.26 Å². The Balaban J connectivity index is 2.98. The van der Waals surface area contributed by atoms with Gasteiger partial charge in [0.05, 0.1) is 20.3 Å². The van der Waals surface area contributed by atoms with Crippen molar-refractivity contribution in [2.24, 2.45) is 11.8 Å². The second kappa shape index (κ2) is 7.65. The van der Waals surface area contributed by atoms with E-state index in [2.05, 4.69) is 9.47 Å². The highest BCUT2D eigenvalue weighted by molar-refractivity contribution is 6.00. The molecule has 0 aliphatic heterocycles. The Morgan fingerprint density at radius 3 is 1.95 bits per heavy atom. The molecule has 0 aliphatic rings. The summed E-state index contributed by atoms with van der Waals surface area (Å²) in [5.41, 5.74) is 0. The Kier molecular flexibility index (Phi) is 5.89. The van der Waals surface area contributed by atoms with Crippen LogP contribution in [0.3, 0.4) is 0 Å². The molecule has 110 valence electrons. The van der Waals surface area contributed by atoms with Crippen LogP contribution in [0.15, 0.2) is 30.3 Å². The maximum atomic E-state index is 12.0. The molecule has 7 heteroatoms. The topological polar surface area (TPSA) is 103 Å². The normalized spacial score (nSPS) is 11.1. The summed E-state index contributed by atoms with van der Waals surface area (Å²) in [6.45, 7) is 0. The minimum Gasteiger partial charge on any atom is -0.468 e. The number of nitriles is 1. The van der Waals surface area contributed by atoms with Crippen LogP contribution in [-0.4, -0.2) is 32.1 Å². The van der Waals surface area contributed by atoms with Crippen molar-refractivity contribution in [3.05, 3.63) is 30.3 Å². The summed E-state index contributed by atoms with van der Waals surface area (Å²) < 4.78 is 13.8. The van der Waals surface area contributed by atoms with E-state index in [1.807, 2.05) is 0 Å². The standard InChI is InChI=1S/C14H13NO6/c1-19-13(17)11(14(18)20-2)10(8-15)12(16)21-9-6-4-3-5-7-9/h3-7,10-11H,1-2H3. The Morgan fingerprint density at radius 1 is 1.00 bits per heavy atom. The molecule has 0 saturated carbocycles. The van der Waals surface area contributed by atoms with Crippen LogP contribution in [0.25, 0.3) is 0 Å². The van der Waals surface area contributed by atoms with Crippen LogP contribution in [0.1, 0.15) is 0 Å². The minimum absolute atomic E-state index is 0.191. The summed E-state index contributed by atoms with van der Waals surface area (Å²) in [7, 11) is 2.07. The average Bonchev–Trinajstić information content (AvgIpc) is 2.51. The molecule has 1 atom stereocenters. The van der Waals surface area contributed by atoms with Gasteiger partial charge in [-0.25, -0.2) is 0 Å². The summed E-state index contributed by atoms with van der Waals surface area (Å²) in [5, 5.41) is 9.07. The number of esters is 3. The molecule has 1 aromatic rings. The van der Waals surface area contributed by atoms with Gasteiger partial charge in [0.2, 0.25) is 0 Å². The van der Waals surface area contributed by atoms with Gasteiger partial charge in [0.15, 0.2) is 11.8 Å². The lowest BCUT2D eigenvalue weighted by Gasteiger charge is -2.16. The Bertz CT molecular complexity index is 547. The van der Waals surface area contributed by atoms with E-state index in [-0.39, 0.29) is 5.75 Å². The molecule has 0 saturated heterocycles. The first-order chi connectivity index (χ1) is 10.0. The van der Waals surface area contributed by atoms with E-state index < -0.39 is 29.7 Å². The molecule has 7 nitrogen and oxygen atoms in total. The second-order valence-electron chi connectivity index (χ2n) is 3.86. The number of nitrogens with zero attached hydrogens (tertiary/aromatic N) is 1. The van der Waals surface area contributed by atoms with E-state index in [1.165, 1.54) is 12.1 Å². The van der Waals surface area contributed by atoms with Crippen LogP contribution in [0.4, 0.5) is 0 Å². The molecule has 21 heavy (non-hydrogen) atoms. The lowest BCUT2D eigenvalue weighted by molar-refractivity contribution is -0.164. The Hall–Kier alpha value is -2.88. The van der Waals surface area contributed by atoms with Gasteiger partial charge in [-0.3, -0.25) is 14.4 Å². The highest BCUT2D eigenvalue weighted by atomic mass is 16.6. The molecule has 0 heterocycles. The molecule has 0 aliphatic carbocycles. The first-order valence-corrected chi connectivity index (χ1v) is 5.87. The number of carbonyl (C=O) groups is 3. The van der Waals surface area contributed by atoms with Crippen molar-refractivity contribution < 1.29 is 28.6 Å². The van der Waals surface area contributed by atoms with Crippen molar-refractivity contribution >= 4 is 17.9 Å². The van der Waals surface area contributed by atoms with Gasteiger partial charge in [-0.15, -0.1) is 0 Å². The van der Waals surface area contributed by atoms with Gasteiger partial charge in [0, 0.05) is 0 Å². The Labute approximate surface area is 121 Å². The third-order valence-electron chi connectivity index (χ3n) is 2.60. The number of hydrogen-bond donors (Lipinski definition) is 0. The van der Waals surface area contributed by atoms with Gasteiger partial charge < -0.3 is 14.2 Å². The second-order valence-corrected chi connectivity index (χ2v) is 3.86. The van der Waals surface area contributed by atoms with Crippen LogP contribution < -0.4 is 4.74 Å². The van der Waals surface area contributed by atoms with Gasteiger partial charge in [0.1, 0.15) is 5.75 Å². The van der Waals surface area contributed by atoms with Gasteiger partial charge >= 0.3 is 17.9 Å². The van der Waals surface area contributed by atoms with Gasteiger partial charge in [0.25, 0.3) is 0 Å². The lowest BCUT2D eigenvalue weighted by atomic mass is 9.93. The molecule has 0 radical (unpaired) electrons. The molecule has 0 aromatic heterocycles. The third kappa shape index (κ3) is 4.04. The summed E-state index contributed by atoms with van der Waals surface area (Å²) in [5.74, 6) is -6.29. The molecule has 0 bridgehead atoms. The van der Waals surface area contributed by atoms with E-state index in [0.717, 1.165) is 14.2 Å². The van der Waals surface area contributed by atoms with Crippen LogP contribution in [0.2, 0.25) is 0 Å². The fraction of sp³-hybridized carbons (Fsp3) is 0.286. The molecule has 1 rings (SSSR count). The number of ether oxygens (including phenoxy) is 3. The maximum Gasteiger partial charge on any atom is 0.330 e. The first-order valence-electron chi connectivity index (χ1n) is 5.87. The van der Waals surface area contributed by atoms with E-state index in [0.29, 0.717) is 0 Å². The number of carbonyl (C=O) groups excluding carboxylic acids is 3. The van der Waals surface area contributed by atoms with E-state index in [9.17, 15) is 14.4 Å². The smallest absolute Gasteiger partial charge is 0.330 e. The molecule has 0 fully saturated rings. The zero-order valence-corrected chi connectivity index (χ0v) is 11.4. The van der Waals surface area contributed by atoms with Crippen molar-refractivity contribution in [1.82, 2.24) is 0 Å². The largest absolute Gasteiger partial charge is 0.468 e. The number of methoxy groups -OCH3 is 2. The third-order valence-corrected chi connectivity index (χ3v) is 2.60. The van der Waals surface area contributed by atoms with Crippen molar-refractivity contribution in [3.63, 3.8) is 0 Å². The molecule has 0 spiro atoms. The molecular formula is C14H13NO6. The maximum absolute atomic E-state index is 12.0. The molecule has 0 amide bonds. The average molecular weight is 291 g/mol. The van der Waals surface area contributed by atoms with Crippen molar-refractivity contribution in [3.8, 4) is 11.8 Å². The summed E-state index contributed by atoms with van der Waals surface area (Å²) in [4.78, 5) is 35.1. The molecule has 0 N–H and O–H groups in total. The van der Waals surface area contributed by atoms with Crippen LogP contribution in [0, 0.1) is 23.2 Å². The lowest BCUT2D eigenvalue weighted by Crippen LogP contribution is -2.38. The number of rotatable bonds is 5. The highest BCUT2D eigenvalue weighted by Crippen LogP contribution is 2.19. The van der Waals surface area contributed by atoms with E-state index in [1.54, 1.807) is 24.3 Å². The minimum atomic E-state index is -1.69. The van der Waals surface area contributed by atoms with Crippen LogP contribution >= 0.6 is 0 Å². The van der Waals surface area contributed by atoms with Crippen molar-refractivity contribution in [2.75, 3.05) is 14.2 Å². The van der Waals surface area contributed by atoms with E-state index >= 15 is 0 Å². The van der Waals surface area contributed by atoms with E-state index in [4.69, 9.17) is 10.00 Å². The monoisotopic (exact) mass is 291 g/mol. The predicted molar refractivity (Wildman–Crippen MR) is 68.7 cm³/mol. The van der Waals surface area contributed by atoms with Crippen LogP contribution in [0.5, 0.6) is 5.75 Å². The van der Waals surface area contributed by atoms with Crippen molar-refractivity contribution in [1.29, 1.82) is 5.26 Å².